The van der Waals surface area contributed by atoms with Crippen LogP contribution in [0.1, 0.15) is 38.5 Å². The second-order valence-corrected chi connectivity index (χ2v) is 8.45. The molecule has 1 heterocycles. The van der Waals surface area contributed by atoms with Gasteiger partial charge in [0.2, 0.25) is 0 Å². The van der Waals surface area contributed by atoms with Gasteiger partial charge < -0.3 is 9.47 Å². The van der Waals surface area contributed by atoms with Gasteiger partial charge in [-0.25, -0.2) is 8.42 Å². The zero-order chi connectivity index (χ0) is 14.9. The van der Waals surface area contributed by atoms with Gasteiger partial charge in [0.25, 0.3) is 9.05 Å². The Labute approximate surface area is 129 Å². The summed E-state index contributed by atoms with van der Waals surface area (Å²) in [5.41, 5.74) is 0.116. The molecule has 3 rings (SSSR count). The lowest BCUT2D eigenvalue weighted by molar-refractivity contribution is -0.0508. The lowest BCUT2D eigenvalue weighted by Crippen LogP contribution is -2.27. The highest BCUT2D eigenvalue weighted by molar-refractivity contribution is 8.13. The van der Waals surface area contributed by atoms with Gasteiger partial charge in [-0.2, -0.15) is 0 Å². The van der Waals surface area contributed by atoms with Crippen LogP contribution in [0, 0.1) is 0 Å². The van der Waals surface area contributed by atoms with Crippen LogP contribution in [-0.2, 0) is 13.8 Å². The molecule has 1 unspecified atom stereocenters. The van der Waals surface area contributed by atoms with E-state index in [-0.39, 0.29) is 16.6 Å². The number of benzene rings is 1. The van der Waals surface area contributed by atoms with E-state index in [1.807, 2.05) is 0 Å². The fourth-order valence-corrected chi connectivity index (χ4v) is 4.06. The van der Waals surface area contributed by atoms with Crippen LogP contribution >= 0.6 is 10.7 Å². The van der Waals surface area contributed by atoms with Crippen molar-refractivity contribution in [2.75, 3.05) is 6.61 Å². The molecule has 2 aliphatic rings. The molecule has 1 aromatic rings. The maximum atomic E-state index is 11.2. The van der Waals surface area contributed by atoms with E-state index in [0.29, 0.717) is 12.4 Å². The Morgan fingerprint density at radius 3 is 2.48 bits per heavy atom. The lowest BCUT2D eigenvalue weighted by Gasteiger charge is -2.23. The normalized spacial score (nSPS) is 24.5. The van der Waals surface area contributed by atoms with Crippen LogP contribution in [0.2, 0.25) is 0 Å². The van der Waals surface area contributed by atoms with E-state index in [9.17, 15) is 8.42 Å². The standard InChI is InChI=1S/C15H19ClO4S/c16-21(17,18)14-5-3-12(4-6-14)19-11-13-7-10-15(20-13)8-1-2-9-15/h3-6,13H,1-2,7-11H2. The summed E-state index contributed by atoms with van der Waals surface area (Å²) in [4.78, 5) is 0.0820. The highest BCUT2D eigenvalue weighted by Gasteiger charge is 2.42. The van der Waals surface area contributed by atoms with Crippen LogP contribution in [0.3, 0.4) is 0 Å². The van der Waals surface area contributed by atoms with Gasteiger partial charge in [0.1, 0.15) is 12.4 Å². The number of hydrogen-bond acceptors (Lipinski definition) is 4. The summed E-state index contributed by atoms with van der Waals surface area (Å²) >= 11 is 0. The molecule has 1 aliphatic carbocycles. The van der Waals surface area contributed by atoms with Crippen molar-refractivity contribution < 1.29 is 17.9 Å². The zero-order valence-electron chi connectivity index (χ0n) is 11.8. The second-order valence-electron chi connectivity index (χ2n) is 5.89. The summed E-state index contributed by atoms with van der Waals surface area (Å²) in [5, 5.41) is 0. The minimum absolute atomic E-state index is 0.0820. The third-order valence-corrected chi connectivity index (χ3v) is 5.76. The fourth-order valence-electron chi connectivity index (χ4n) is 3.29. The summed E-state index contributed by atoms with van der Waals surface area (Å²) in [6, 6.07) is 6.14. The summed E-state index contributed by atoms with van der Waals surface area (Å²) < 4.78 is 34.2. The lowest BCUT2D eigenvalue weighted by atomic mass is 9.98. The molecule has 116 valence electrons. The molecule has 0 amide bonds. The van der Waals surface area contributed by atoms with Crippen LogP contribution in [0.4, 0.5) is 0 Å². The van der Waals surface area contributed by atoms with Crippen molar-refractivity contribution in [1.82, 2.24) is 0 Å². The number of ether oxygens (including phenoxy) is 2. The topological polar surface area (TPSA) is 52.6 Å². The van der Waals surface area contributed by atoms with Crippen molar-refractivity contribution in [3.05, 3.63) is 24.3 Å². The van der Waals surface area contributed by atoms with E-state index in [1.165, 1.54) is 37.8 Å². The minimum atomic E-state index is -3.67. The predicted molar refractivity (Wildman–Crippen MR) is 80.3 cm³/mol. The van der Waals surface area contributed by atoms with Gasteiger partial charge in [-0.1, -0.05) is 12.8 Å². The van der Waals surface area contributed by atoms with Gasteiger partial charge in [0, 0.05) is 10.7 Å². The average molecular weight is 331 g/mol. The molecule has 2 fully saturated rings. The first kappa shape index (κ1) is 15.1. The quantitative estimate of drug-likeness (QED) is 0.793. The fraction of sp³-hybridized carbons (Fsp3) is 0.600. The molecule has 0 aromatic heterocycles. The summed E-state index contributed by atoms with van der Waals surface area (Å²) in [7, 11) is 1.60. The monoisotopic (exact) mass is 330 g/mol. The first-order valence-corrected chi connectivity index (χ1v) is 9.63. The molecule has 1 atom stereocenters. The number of hydrogen-bond donors (Lipinski definition) is 0. The van der Waals surface area contributed by atoms with Crippen LogP contribution < -0.4 is 4.74 Å². The van der Waals surface area contributed by atoms with Gasteiger partial charge in [-0.05, 0) is 49.9 Å². The van der Waals surface area contributed by atoms with Crippen molar-refractivity contribution in [2.45, 2.75) is 55.1 Å². The Balaban J connectivity index is 1.54. The van der Waals surface area contributed by atoms with Crippen LogP contribution in [0.5, 0.6) is 5.75 Å². The van der Waals surface area contributed by atoms with E-state index >= 15 is 0 Å². The highest BCUT2D eigenvalue weighted by Crippen LogP contribution is 2.43. The summed E-state index contributed by atoms with van der Waals surface area (Å²) in [6.45, 7) is 0.509. The van der Waals surface area contributed by atoms with Gasteiger partial charge in [0.05, 0.1) is 16.6 Å². The maximum absolute atomic E-state index is 11.2. The number of rotatable bonds is 4. The predicted octanol–water partition coefficient (Wildman–Crippen LogP) is 3.48. The SMILES string of the molecule is O=S(=O)(Cl)c1ccc(OCC2CCC3(CCCC3)O2)cc1. The molecular weight excluding hydrogens is 312 g/mol. The van der Waals surface area contributed by atoms with E-state index < -0.39 is 9.05 Å². The molecular formula is C15H19ClO4S. The molecule has 1 saturated carbocycles. The summed E-state index contributed by atoms with van der Waals surface area (Å²) in [5.74, 6) is 0.634. The molecule has 0 bridgehead atoms. The smallest absolute Gasteiger partial charge is 0.261 e. The minimum Gasteiger partial charge on any atom is -0.491 e. The van der Waals surface area contributed by atoms with Crippen molar-refractivity contribution in [2.24, 2.45) is 0 Å². The Kier molecular flexibility index (Phi) is 4.17. The first-order valence-electron chi connectivity index (χ1n) is 7.32. The second kappa shape index (κ2) is 5.78. The van der Waals surface area contributed by atoms with Crippen molar-refractivity contribution in [1.29, 1.82) is 0 Å². The molecule has 0 N–H and O–H groups in total. The average Bonchev–Trinajstić information content (AvgIpc) is 3.07. The maximum Gasteiger partial charge on any atom is 0.261 e. The van der Waals surface area contributed by atoms with Crippen LogP contribution in [0.15, 0.2) is 29.2 Å². The molecule has 1 aromatic carbocycles. The van der Waals surface area contributed by atoms with E-state index in [1.54, 1.807) is 12.1 Å². The zero-order valence-corrected chi connectivity index (χ0v) is 13.3. The summed E-state index contributed by atoms with van der Waals surface area (Å²) in [6.07, 6.45) is 7.18. The van der Waals surface area contributed by atoms with Gasteiger partial charge >= 0.3 is 0 Å². The molecule has 1 saturated heterocycles. The molecule has 1 spiro atoms. The molecule has 4 nitrogen and oxygen atoms in total. The third-order valence-electron chi connectivity index (χ3n) is 4.39. The van der Waals surface area contributed by atoms with Crippen LogP contribution in [-0.4, -0.2) is 26.7 Å². The Morgan fingerprint density at radius 1 is 1.19 bits per heavy atom. The Morgan fingerprint density at radius 2 is 1.86 bits per heavy atom. The highest BCUT2D eigenvalue weighted by atomic mass is 35.7. The van der Waals surface area contributed by atoms with Gasteiger partial charge in [-0.3, -0.25) is 0 Å². The van der Waals surface area contributed by atoms with E-state index in [4.69, 9.17) is 20.2 Å². The largest absolute Gasteiger partial charge is 0.491 e. The van der Waals surface area contributed by atoms with Crippen LogP contribution in [0.25, 0.3) is 0 Å². The van der Waals surface area contributed by atoms with Crippen molar-refractivity contribution in [3.8, 4) is 5.75 Å². The van der Waals surface area contributed by atoms with Crippen molar-refractivity contribution in [3.63, 3.8) is 0 Å². The Hall–Kier alpha value is -0.780. The molecule has 0 radical (unpaired) electrons. The Bertz CT molecular complexity index is 591. The third kappa shape index (κ3) is 3.52. The van der Waals surface area contributed by atoms with Gasteiger partial charge in [0.15, 0.2) is 0 Å². The van der Waals surface area contributed by atoms with E-state index in [0.717, 1.165) is 12.8 Å². The first-order chi connectivity index (χ1) is 9.97. The number of halogens is 1. The van der Waals surface area contributed by atoms with Crippen molar-refractivity contribution >= 4 is 19.7 Å². The molecule has 1 aliphatic heterocycles. The van der Waals surface area contributed by atoms with E-state index in [2.05, 4.69) is 0 Å². The molecule has 21 heavy (non-hydrogen) atoms. The van der Waals surface area contributed by atoms with Gasteiger partial charge in [-0.15, -0.1) is 0 Å². The molecule has 6 heteroatoms.